The number of amides is 2. The summed E-state index contributed by atoms with van der Waals surface area (Å²) in [6.45, 7) is 1.07. The summed E-state index contributed by atoms with van der Waals surface area (Å²) in [5.41, 5.74) is -2.56. The van der Waals surface area contributed by atoms with Crippen molar-refractivity contribution in [2.24, 2.45) is 10.8 Å². The third-order valence-corrected chi connectivity index (χ3v) is 6.57. The number of aliphatic carboxylic acids is 2. The van der Waals surface area contributed by atoms with Crippen LogP contribution in [-0.2, 0) is 14.4 Å². The summed E-state index contributed by atoms with van der Waals surface area (Å²) >= 11 is 0. The van der Waals surface area contributed by atoms with Gasteiger partial charge in [0, 0.05) is 31.7 Å². The predicted molar refractivity (Wildman–Crippen MR) is 103 cm³/mol. The molecule has 2 saturated heterocycles. The van der Waals surface area contributed by atoms with E-state index >= 15 is 0 Å². The highest BCUT2D eigenvalue weighted by molar-refractivity contribution is 6.00. The predicted octanol–water partition coefficient (Wildman–Crippen LogP) is 1.08. The number of hydrogen-bond acceptors (Lipinski definition) is 5. The number of hydrogen-bond donors (Lipinski definition) is 2. The van der Waals surface area contributed by atoms with Gasteiger partial charge in [-0.1, -0.05) is 6.07 Å². The van der Waals surface area contributed by atoms with Gasteiger partial charge in [-0.3, -0.25) is 19.2 Å². The molecule has 2 N–H and O–H groups in total. The van der Waals surface area contributed by atoms with Gasteiger partial charge in [0.15, 0.2) is 6.61 Å². The third kappa shape index (κ3) is 3.18. The number of rotatable bonds is 6. The minimum atomic E-state index is -1.41. The molecule has 9 heteroatoms. The van der Waals surface area contributed by atoms with E-state index in [2.05, 4.69) is 0 Å². The second-order valence-electron chi connectivity index (χ2n) is 8.37. The topological polar surface area (TPSA) is 124 Å². The maximum absolute atomic E-state index is 12.9. The van der Waals surface area contributed by atoms with Crippen LogP contribution >= 0.6 is 0 Å². The molecule has 2 aliphatic heterocycles. The Balaban J connectivity index is 1.41. The molecule has 30 heavy (non-hydrogen) atoms. The maximum atomic E-state index is 12.9. The standard InChI is InChI=1S/C21H24N2O7/c24-16(22-7-2-1-3-8-22)10-30-15-6-4-5-14(9-15)17(25)23-12-20(18(26)27)11-21(20,13-23)19(28)29/h4-6,9H,1-3,7-8,10-13H2,(H,26,27)(H,28,29)/t20-,21+. The van der Waals surface area contributed by atoms with Crippen molar-refractivity contribution >= 4 is 23.8 Å². The first-order chi connectivity index (χ1) is 14.3. The molecule has 2 atom stereocenters. The van der Waals surface area contributed by atoms with E-state index in [0.717, 1.165) is 32.4 Å². The van der Waals surface area contributed by atoms with Crippen LogP contribution in [0.5, 0.6) is 5.75 Å². The zero-order chi connectivity index (χ0) is 21.5. The molecule has 2 heterocycles. The van der Waals surface area contributed by atoms with Gasteiger partial charge >= 0.3 is 11.9 Å². The number of carboxylic acids is 2. The van der Waals surface area contributed by atoms with E-state index in [-0.39, 0.29) is 37.6 Å². The Labute approximate surface area is 173 Å². The second kappa shape index (κ2) is 7.30. The average molecular weight is 416 g/mol. The maximum Gasteiger partial charge on any atom is 0.312 e. The number of carbonyl (C=O) groups excluding carboxylic acids is 2. The Hall–Kier alpha value is -3.10. The Bertz CT molecular complexity index is 882. The molecule has 9 nitrogen and oxygen atoms in total. The summed E-state index contributed by atoms with van der Waals surface area (Å²) in [7, 11) is 0. The van der Waals surface area contributed by atoms with Gasteiger partial charge in [-0.15, -0.1) is 0 Å². The first-order valence-electron chi connectivity index (χ1n) is 10.1. The van der Waals surface area contributed by atoms with Crippen LogP contribution in [0.1, 0.15) is 36.0 Å². The van der Waals surface area contributed by atoms with Crippen molar-refractivity contribution in [1.29, 1.82) is 0 Å². The van der Waals surface area contributed by atoms with Crippen molar-refractivity contribution in [2.45, 2.75) is 25.7 Å². The molecule has 0 spiro atoms. The smallest absolute Gasteiger partial charge is 0.312 e. The normalized spacial score (nSPS) is 27.3. The van der Waals surface area contributed by atoms with Crippen molar-refractivity contribution in [3.05, 3.63) is 29.8 Å². The number of carbonyl (C=O) groups is 4. The van der Waals surface area contributed by atoms with Crippen molar-refractivity contribution < 1.29 is 34.1 Å². The summed E-state index contributed by atoms with van der Waals surface area (Å²) in [5.74, 6) is -2.56. The molecule has 160 valence electrons. The molecule has 3 aliphatic rings. The van der Waals surface area contributed by atoms with Crippen LogP contribution in [0.4, 0.5) is 0 Å². The van der Waals surface area contributed by atoms with Crippen LogP contribution < -0.4 is 4.74 Å². The summed E-state index contributed by atoms with van der Waals surface area (Å²) in [6.07, 6.45) is 3.14. The molecule has 1 aromatic carbocycles. The van der Waals surface area contributed by atoms with E-state index in [1.54, 1.807) is 23.1 Å². The SMILES string of the molecule is O=C(COc1cccc(C(=O)N2C[C@@]3(C(=O)O)C[C@@]3(C(=O)O)C2)c1)N1CCCCC1. The van der Waals surface area contributed by atoms with E-state index in [1.807, 2.05) is 0 Å². The lowest BCUT2D eigenvalue weighted by Crippen LogP contribution is -2.38. The van der Waals surface area contributed by atoms with Crippen LogP contribution in [0.15, 0.2) is 24.3 Å². The number of carboxylic acid groups (broad SMARTS) is 2. The van der Waals surface area contributed by atoms with Gasteiger partial charge in [-0.2, -0.15) is 0 Å². The molecule has 0 aromatic heterocycles. The quantitative estimate of drug-likeness (QED) is 0.711. The highest BCUT2D eigenvalue weighted by atomic mass is 16.5. The zero-order valence-corrected chi connectivity index (χ0v) is 16.5. The molecule has 1 aromatic rings. The highest BCUT2D eigenvalue weighted by Gasteiger charge is 2.81. The van der Waals surface area contributed by atoms with Crippen LogP contribution in [-0.4, -0.2) is 76.6 Å². The Kier molecular flexibility index (Phi) is 4.91. The number of nitrogens with zero attached hydrogens (tertiary/aromatic N) is 2. The summed E-state index contributed by atoms with van der Waals surface area (Å²) in [4.78, 5) is 51.5. The monoisotopic (exact) mass is 416 g/mol. The molecule has 4 rings (SSSR count). The van der Waals surface area contributed by atoms with Crippen LogP contribution in [0.3, 0.4) is 0 Å². The molecule has 0 unspecified atom stereocenters. The molecule has 3 fully saturated rings. The minimum Gasteiger partial charge on any atom is -0.484 e. The van der Waals surface area contributed by atoms with Crippen molar-refractivity contribution in [3.8, 4) is 5.75 Å². The number of likely N-dealkylation sites (tertiary alicyclic amines) is 2. The summed E-state index contributed by atoms with van der Waals surface area (Å²) in [5, 5.41) is 19.0. The highest BCUT2D eigenvalue weighted by Crippen LogP contribution is 2.68. The van der Waals surface area contributed by atoms with Gasteiger partial charge in [-0.05, 0) is 43.9 Å². The van der Waals surface area contributed by atoms with Gasteiger partial charge in [0.2, 0.25) is 0 Å². The fourth-order valence-electron chi connectivity index (χ4n) is 4.71. The van der Waals surface area contributed by atoms with Gasteiger partial charge in [-0.25, -0.2) is 0 Å². The second-order valence-corrected chi connectivity index (χ2v) is 8.37. The van der Waals surface area contributed by atoms with Gasteiger partial charge in [0.25, 0.3) is 11.8 Å². The lowest BCUT2D eigenvalue weighted by Gasteiger charge is -2.26. The van der Waals surface area contributed by atoms with E-state index in [1.165, 1.54) is 11.0 Å². The molecule has 1 saturated carbocycles. The van der Waals surface area contributed by atoms with Gasteiger partial charge < -0.3 is 24.7 Å². The van der Waals surface area contributed by atoms with Crippen molar-refractivity contribution in [1.82, 2.24) is 9.80 Å². The average Bonchev–Trinajstić information content (AvgIpc) is 3.30. The fraction of sp³-hybridized carbons (Fsp3) is 0.524. The number of fused-ring (bicyclic) bond motifs is 1. The third-order valence-electron chi connectivity index (χ3n) is 6.57. The zero-order valence-electron chi connectivity index (χ0n) is 16.5. The Morgan fingerprint density at radius 3 is 2.17 bits per heavy atom. The molecule has 1 aliphatic carbocycles. The van der Waals surface area contributed by atoms with E-state index in [4.69, 9.17) is 4.74 Å². The number of piperidine rings is 2. The molecule has 2 amide bonds. The summed E-state index contributed by atoms with van der Waals surface area (Å²) < 4.78 is 5.57. The van der Waals surface area contributed by atoms with Crippen LogP contribution in [0.2, 0.25) is 0 Å². The lowest BCUT2D eigenvalue weighted by atomic mass is 9.97. The van der Waals surface area contributed by atoms with Gasteiger partial charge in [0.05, 0.1) is 0 Å². The Morgan fingerprint density at radius 1 is 0.933 bits per heavy atom. The number of benzene rings is 1. The molecular formula is C21H24N2O7. The van der Waals surface area contributed by atoms with Crippen molar-refractivity contribution in [2.75, 3.05) is 32.8 Å². The molecule has 0 radical (unpaired) electrons. The van der Waals surface area contributed by atoms with E-state index in [9.17, 15) is 29.4 Å². The van der Waals surface area contributed by atoms with Crippen LogP contribution in [0, 0.1) is 10.8 Å². The minimum absolute atomic E-state index is 0.0379. The molecule has 0 bridgehead atoms. The largest absolute Gasteiger partial charge is 0.484 e. The molecular weight excluding hydrogens is 392 g/mol. The van der Waals surface area contributed by atoms with E-state index in [0.29, 0.717) is 5.75 Å². The first kappa shape index (κ1) is 20.2. The Morgan fingerprint density at radius 2 is 1.57 bits per heavy atom. The summed E-state index contributed by atoms with van der Waals surface area (Å²) in [6, 6.07) is 6.31. The fourth-order valence-corrected chi connectivity index (χ4v) is 4.71. The van der Waals surface area contributed by atoms with E-state index < -0.39 is 28.7 Å². The number of ether oxygens (including phenoxy) is 1. The van der Waals surface area contributed by atoms with Gasteiger partial charge in [0.1, 0.15) is 16.6 Å². The lowest BCUT2D eigenvalue weighted by molar-refractivity contribution is -0.151. The van der Waals surface area contributed by atoms with Crippen LogP contribution in [0.25, 0.3) is 0 Å². The first-order valence-corrected chi connectivity index (χ1v) is 10.1. The van der Waals surface area contributed by atoms with Crippen molar-refractivity contribution in [3.63, 3.8) is 0 Å².